The summed E-state index contributed by atoms with van der Waals surface area (Å²) in [6.45, 7) is 0.242. The van der Waals surface area contributed by atoms with E-state index >= 15 is 0 Å². The number of halogens is 1. The highest BCUT2D eigenvalue weighted by Crippen LogP contribution is 2.31. The van der Waals surface area contributed by atoms with E-state index in [9.17, 15) is 14.4 Å². The van der Waals surface area contributed by atoms with Crippen molar-refractivity contribution < 1.29 is 23.9 Å². The maximum Gasteiger partial charge on any atom is 0.335 e. The van der Waals surface area contributed by atoms with Gasteiger partial charge in [-0.3, -0.25) is 14.9 Å². The van der Waals surface area contributed by atoms with Gasteiger partial charge < -0.3 is 9.47 Å². The molecule has 1 aliphatic rings. The first kappa shape index (κ1) is 22.1. The quantitative estimate of drug-likeness (QED) is 0.427. The molecule has 166 valence electrons. The number of methoxy groups -OCH3 is 1. The van der Waals surface area contributed by atoms with Crippen molar-refractivity contribution in [3.63, 3.8) is 0 Å². The average Bonchev–Trinajstić information content (AvgIpc) is 2.82. The number of hydrogen-bond donors (Lipinski definition) is 1. The van der Waals surface area contributed by atoms with Gasteiger partial charge in [-0.1, -0.05) is 54.1 Å². The normalized spacial score (nSPS) is 14.9. The molecule has 4 amide bonds. The van der Waals surface area contributed by atoms with Gasteiger partial charge in [-0.25, -0.2) is 9.69 Å². The van der Waals surface area contributed by atoms with Gasteiger partial charge in [0, 0.05) is 10.6 Å². The summed E-state index contributed by atoms with van der Waals surface area (Å²) in [4.78, 5) is 38.6. The summed E-state index contributed by atoms with van der Waals surface area (Å²) in [5.41, 5.74) is 1.53. The Morgan fingerprint density at radius 1 is 0.939 bits per heavy atom. The smallest absolute Gasteiger partial charge is 0.335 e. The minimum atomic E-state index is -0.797. The Bertz CT molecular complexity index is 1260. The van der Waals surface area contributed by atoms with Gasteiger partial charge in [0.25, 0.3) is 11.8 Å². The highest BCUT2D eigenvalue weighted by molar-refractivity contribution is 6.39. The molecule has 1 saturated heterocycles. The first-order valence-corrected chi connectivity index (χ1v) is 10.4. The predicted octanol–water partition coefficient (Wildman–Crippen LogP) is 4.59. The Balaban J connectivity index is 1.60. The number of benzene rings is 3. The van der Waals surface area contributed by atoms with Gasteiger partial charge in [-0.2, -0.15) is 0 Å². The number of carbonyl (C=O) groups excluding carboxylic acids is 3. The van der Waals surface area contributed by atoms with Crippen molar-refractivity contribution in [1.82, 2.24) is 5.32 Å². The second-order valence-corrected chi connectivity index (χ2v) is 7.49. The average molecular weight is 463 g/mol. The SMILES string of the molecule is COc1cc(/C=C2/C(=O)NC(=O)N(c3ccccc3)C2=O)ccc1OCc1ccccc1Cl. The number of nitrogens with zero attached hydrogens (tertiary/aromatic N) is 1. The van der Waals surface area contributed by atoms with Crippen LogP contribution in [0.4, 0.5) is 10.5 Å². The molecule has 0 bridgehead atoms. The number of barbiturate groups is 1. The Labute approximate surface area is 195 Å². The third-order valence-corrected chi connectivity index (χ3v) is 5.32. The van der Waals surface area contributed by atoms with Crippen LogP contribution in [0.1, 0.15) is 11.1 Å². The van der Waals surface area contributed by atoms with E-state index < -0.39 is 17.8 Å². The van der Waals surface area contributed by atoms with Crippen molar-refractivity contribution in [1.29, 1.82) is 0 Å². The first-order chi connectivity index (χ1) is 16.0. The standard InChI is InChI=1S/C25H19ClN2O5/c1-32-22-14-16(11-12-21(22)33-15-17-7-5-6-10-20(17)26)13-19-23(29)27-25(31)28(24(19)30)18-8-3-2-4-9-18/h2-14H,15H2,1H3,(H,27,29,31)/b19-13-. The van der Waals surface area contributed by atoms with Crippen molar-refractivity contribution in [2.75, 3.05) is 12.0 Å². The molecular formula is C25H19ClN2O5. The third-order valence-electron chi connectivity index (χ3n) is 4.96. The Morgan fingerprint density at radius 2 is 1.67 bits per heavy atom. The van der Waals surface area contributed by atoms with Crippen LogP contribution in [0.15, 0.2) is 78.4 Å². The molecule has 4 rings (SSSR count). The lowest BCUT2D eigenvalue weighted by Crippen LogP contribution is -2.54. The number of urea groups is 1. The lowest BCUT2D eigenvalue weighted by molar-refractivity contribution is -0.122. The van der Waals surface area contributed by atoms with Crippen LogP contribution in [-0.2, 0) is 16.2 Å². The molecule has 0 spiro atoms. The number of rotatable bonds is 6. The molecule has 0 saturated carbocycles. The molecule has 1 heterocycles. The summed E-state index contributed by atoms with van der Waals surface area (Å²) >= 11 is 6.17. The number of hydrogen-bond acceptors (Lipinski definition) is 5. The van der Waals surface area contributed by atoms with E-state index in [1.165, 1.54) is 13.2 Å². The molecule has 0 atom stereocenters. The van der Waals surface area contributed by atoms with Crippen molar-refractivity contribution in [3.8, 4) is 11.5 Å². The van der Waals surface area contributed by atoms with E-state index in [0.29, 0.717) is 27.8 Å². The van der Waals surface area contributed by atoms with E-state index in [2.05, 4.69) is 5.32 Å². The number of imide groups is 2. The zero-order valence-corrected chi connectivity index (χ0v) is 18.3. The summed E-state index contributed by atoms with van der Waals surface area (Å²) in [7, 11) is 1.49. The zero-order chi connectivity index (χ0) is 23.4. The molecule has 3 aromatic rings. The minimum absolute atomic E-state index is 0.176. The van der Waals surface area contributed by atoms with Crippen LogP contribution in [0.2, 0.25) is 5.02 Å². The molecule has 0 aliphatic carbocycles. The molecule has 33 heavy (non-hydrogen) atoms. The van der Waals surface area contributed by atoms with E-state index in [4.69, 9.17) is 21.1 Å². The molecule has 1 aliphatic heterocycles. The number of carbonyl (C=O) groups is 3. The number of ether oxygens (including phenoxy) is 2. The predicted molar refractivity (Wildman–Crippen MR) is 124 cm³/mol. The second kappa shape index (κ2) is 9.58. The maximum absolute atomic E-state index is 13.0. The van der Waals surface area contributed by atoms with Gasteiger partial charge in [-0.05, 0) is 42.0 Å². The number of anilines is 1. The first-order valence-electron chi connectivity index (χ1n) is 9.98. The summed E-state index contributed by atoms with van der Waals surface area (Å²) in [5.74, 6) is -0.598. The van der Waals surface area contributed by atoms with Gasteiger partial charge in [-0.15, -0.1) is 0 Å². The molecular weight excluding hydrogens is 444 g/mol. The van der Waals surface area contributed by atoms with Crippen LogP contribution in [0, 0.1) is 0 Å². The minimum Gasteiger partial charge on any atom is -0.493 e. The fourth-order valence-corrected chi connectivity index (χ4v) is 3.49. The van der Waals surface area contributed by atoms with Gasteiger partial charge in [0.2, 0.25) is 0 Å². The van der Waals surface area contributed by atoms with Crippen molar-refractivity contribution in [2.45, 2.75) is 6.61 Å². The van der Waals surface area contributed by atoms with Gasteiger partial charge in [0.05, 0.1) is 12.8 Å². The van der Waals surface area contributed by atoms with Gasteiger partial charge in [0.1, 0.15) is 12.2 Å². The fourth-order valence-electron chi connectivity index (χ4n) is 3.30. The molecule has 0 aromatic heterocycles. The maximum atomic E-state index is 13.0. The number of amides is 4. The summed E-state index contributed by atoms with van der Waals surface area (Å²) in [6.07, 6.45) is 1.40. The Hall–Kier alpha value is -4.10. The van der Waals surface area contributed by atoms with Gasteiger partial charge >= 0.3 is 6.03 Å². The highest BCUT2D eigenvalue weighted by atomic mass is 35.5. The van der Waals surface area contributed by atoms with Gasteiger partial charge in [0.15, 0.2) is 11.5 Å². The van der Waals surface area contributed by atoms with Crippen LogP contribution in [0.5, 0.6) is 11.5 Å². The van der Waals surface area contributed by atoms with Crippen molar-refractivity contribution in [2.24, 2.45) is 0 Å². The molecule has 7 nitrogen and oxygen atoms in total. The molecule has 0 radical (unpaired) electrons. The van der Waals surface area contributed by atoms with Crippen LogP contribution >= 0.6 is 11.6 Å². The lowest BCUT2D eigenvalue weighted by atomic mass is 10.1. The Morgan fingerprint density at radius 3 is 2.39 bits per heavy atom. The van der Waals surface area contributed by atoms with E-state index in [1.807, 2.05) is 18.2 Å². The largest absolute Gasteiger partial charge is 0.493 e. The summed E-state index contributed by atoms with van der Waals surface area (Å²) in [6, 6.07) is 19.9. The topological polar surface area (TPSA) is 84.9 Å². The Kier molecular flexibility index (Phi) is 6.42. The summed E-state index contributed by atoms with van der Waals surface area (Å²) in [5, 5.41) is 2.80. The lowest BCUT2D eigenvalue weighted by Gasteiger charge is -2.26. The molecule has 1 fully saturated rings. The second-order valence-electron chi connectivity index (χ2n) is 7.08. The monoisotopic (exact) mass is 462 g/mol. The number of para-hydroxylation sites is 1. The van der Waals surface area contributed by atoms with Crippen LogP contribution < -0.4 is 19.7 Å². The van der Waals surface area contributed by atoms with E-state index in [0.717, 1.165) is 10.5 Å². The van der Waals surface area contributed by atoms with E-state index in [1.54, 1.807) is 54.6 Å². The molecule has 0 unspecified atom stereocenters. The molecule has 1 N–H and O–H groups in total. The van der Waals surface area contributed by atoms with Crippen LogP contribution in [-0.4, -0.2) is 25.0 Å². The van der Waals surface area contributed by atoms with Crippen molar-refractivity contribution >= 4 is 41.2 Å². The van der Waals surface area contributed by atoms with Crippen LogP contribution in [0.3, 0.4) is 0 Å². The summed E-state index contributed by atoms with van der Waals surface area (Å²) < 4.78 is 11.3. The molecule has 8 heteroatoms. The highest BCUT2D eigenvalue weighted by Gasteiger charge is 2.36. The number of nitrogens with one attached hydrogen (secondary N) is 1. The fraction of sp³-hybridized carbons (Fsp3) is 0.0800. The van der Waals surface area contributed by atoms with Crippen LogP contribution in [0.25, 0.3) is 6.08 Å². The van der Waals surface area contributed by atoms with Crippen molar-refractivity contribution in [3.05, 3.63) is 94.5 Å². The molecule has 3 aromatic carbocycles. The zero-order valence-electron chi connectivity index (χ0n) is 17.6. The third kappa shape index (κ3) is 4.73. The van der Waals surface area contributed by atoms with E-state index in [-0.39, 0.29) is 12.2 Å².